The van der Waals surface area contributed by atoms with E-state index in [1.165, 1.54) is 47.3 Å². The molecule has 4 atom stereocenters. The molecule has 2 aliphatic heterocycles. The average molecular weight is 561 g/mol. The lowest BCUT2D eigenvalue weighted by Gasteiger charge is -2.32. The Balaban J connectivity index is 1.56. The molecule has 1 amide bonds. The van der Waals surface area contributed by atoms with Gasteiger partial charge in [-0.1, -0.05) is 0 Å². The molecule has 0 saturated carbocycles. The van der Waals surface area contributed by atoms with E-state index < -0.39 is 56.5 Å². The fourth-order valence-corrected chi connectivity index (χ4v) is 5.52. The van der Waals surface area contributed by atoms with Gasteiger partial charge >= 0.3 is 19.4 Å². The van der Waals surface area contributed by atoms with Crippen LogP contribution < -0.4 is 25.2 Å². The van der Waals surface area contributed by atoms with E-state index in [9.17, 15) is 14.2 Å². The molecule has 0 aliphatic carbocycles. The topological polar surface area (TPSA) is 146 Å². The maximum Gasteiger partial charge on any atom is 0.475 e. The van der Waals surface area contributed by atoms with Gasteiger partial charge in [0, 0.05) is 12.3 Å². The van der Waals surface area contributed by atoms with Gasteiger partial charge < -0.3 is 24.3 Å². The molecular weight excluding hydrogens is 535 g/mol. The number of aromatic nitrogens is 2. The normalized spacial score (nSPS) is 26.1. The lowest BCUT2D eigenvalue weighted by Crippen LogP contribution is -2.45. The van der Waals surface area contributed by atoms with E-state index in [2.05, 4.69) is 10.3 Å². The highest BCUT2D eigenvalue weighted by Crippen LogP contribution is 2.60. The van der Waals surface area contributed by atoms with Crippen LogP contribution in [-0.4, -0.2) is 67.6 Å². The predicted molar refractivity (Wildman–Crippen MR) is 126 cm³/mol. The molecular formula is C22H26F2N3O10P. The average Bonchev–Trinajstić information content (AvgIpc) is 3.11. The summed E-state index contributed by atoms with van der Waals surface area (Å²) >= 11 is 0. The van der Waals surface area contributed by atoms with Gasteiger partial charge in [0.15, 0.2) is 17.6 Å². The third-order valence-corrected chi connectivity index (χ3v) is 7.22. The summed E-state index contributed by atoms with van der Waals surface area (Å²) in [5.74, 6) is -4.14. The number of benzene rings is 1. The van der Waals surface area contributed by atoms with Crippen LogP contribution in [0.15, 0.2) is 29.2 Å². The van der Waals surface area contributed by atoms with Gasteiger partial charge in [0.1, 0.15) is 17.7 Å². The summed E-state index contributed by atoms with van der Waals surface area (Å²) in [7, 11) is -0.147. The van der Waals surface area contributed by atoms with Crippen molar-refractivity contribution in [1.82, 2.24) is 9.55 Å². The summed E-state index contributed by atoms with van der Waals surface area (Å²) in [5, 5.41) is 2.41. The Morgan fingerprint density at radius 2 is 1.97 bits per heavy atom. The Bertz CT molecular complexity index is 1320. The van der Waals surface area contributed by atoms with Crippen molar-refractivity contribution < 1.29 is 50.7 Å². The predicted octanol–water partition coefficient (Wildman–Crippen LogP) is 3.00. The maximum atomic E-state index is 15.3. The third-order valence-electron chi connectivity index (χ3n) is 5.59. The minimum Gasteiger partial charge on any atom is -0.497 e. The van der Waals surface area contributed by atoms with E-state index in [0.29, 0.717) is 10.3 Å². The molecule has 4 rings (SSSR count). The maximum absolute atomic E-state index is 15.3. The van der Waals surface area contributed by atoms with Crippen molar-refractivity contribution in [2.24, 2.45) is 0 Å². The fourth-order valence-electron chi connectivity index (χ4n) is 3.95. The Labute approximate surface area is 215 Å². The summed E-state index contributed by atoms with van der Waals surface area (Å²) in [6.45, 7) is 2.58. The zero-order valence-electron chi connectivity index (χ0n) is 21.0. The minimum absolute atomic E-state index is 0.00890. The van der Waals surface area contributed by atoms with Gasteiger partial charge in [-0.05, 0) is 26.0 Å². The van der Waals surface area contributed by atoms with Crippen LogP contribution in [-0.2, 0) is 22.9 Å². The van der Waals surface area contributed by atoms with Crippen molar-refractivity contribution in [3.05, 3.63) is 40.4 Å². The highest BCUT2D eigenvalue weighted by molar-refractivity contribution is 7.48. The molecule has 16 heteroatoms. The number of carbonyl (C=O) groups is 1. The summed E-state index contributed by atoms with van der Waals surface area (Å²) in [6.07, 6.45) is -5.09. The number of hydrogen-bond acceptors (Lipinski definition) is 11. The molecule has 2 aliphatic rings. The second kappa shape index (κ2) is 10.6. The van der Waals surface area contributed by atoms with Crippen molar-refractivity contribution in [1.29, 1.82) is 0 Å². The SMILES string of the molecule is COc1cc(OC)c(OC)c(C(=O)Nc2ccn(C3O[C@@H]4COP(=O)(OC(C)C)O[C@H]4C3(F)F)c(=O)n2)c1. The van der Waals surface area contributed by atoms with Crippen molar-refractivity contribution >= 4 is 19.5 Å². The van der Waals surface area contributed by atoms with E-state index in [4.69, 9.17) is 32.5 Å². The van der Waals surface area contributed by atoms with Crippen LogP contribution in [0.4, 0.5) is 14.6 Å². The zero-order valence-corrected chi connectivity index (χ0v) is 21.9. The standard InChI is InChI=1S/C22H26F2N3O10P/c1-11(2)36-38(30)34-10-15-18(37-38)22(23,24)20(35-15)27-7-6-16(26-21(27)29)25-19(28)13-8-12(31-3)9-14(32-4)17(13)33-5/h6-9,11,15,18,20H,10H2,1-5H3,(H,25,26,28,29)/t15-,18-,20?,38?/m1/s1. The van der Waals surface area contributed by atoms with E-state index in [0.717, 1.165) is 12.3 Å². The summed E-state index contributed by atoms with van der Waals surface area (Å²) < 4.78 is 79.7. The third kappa shape index (κ3) is 5.24. The van der Waals surface area contributed by atoms with Crippen LogP contribution in [0.25, 0.3) is 0 Å². The van der Waals surface area contributed by atoms with Crippen LogP contribution in [0.3, 0.4) is 0 Å². The quantitative estimate of drug-likeness (QED) is 0.475. The van der Waals surface area contributed by atoms with Crippen LogP contribution in [0.2, 0.25) is 0 Å². The number of fused-ring (bicyclic) bond motifs is 1. The minimum atomic E-state index is -4.26. The molecule has 2 fully saturated rings. The first-order valence-electron chi connectivity index (χ1n) is 11.3. The number of nitrogens with zero attached hydrogens (tertiary/aromatic N) is 2. The Kier molecular flexibility index (Phi) is 7.77. The molecule has 3 heterocycles. The smallest absolute Gasteiger partial charge is 0.475 e. The van der Waals surface area contributed by atoms with Crippen molar-refractivity contribution in [3.8, 4) is 17.2 Å². The Hall–Kier alpha value is -3.10. The number of halogens is 2. The molecule has 0 bridgehead atoms. The van der Waals surface area contributed by atoms with Gasteiger partial charge in [-0.25, -0.2) is 9.36 Å². The summed E-state index contributed by atoms with van der Waals surface area (Å²) in [6, 6.07) is 4.03. The van der Waals surface area contributed by atoms with E-state index in [1.807, 2.05) is 0 Å². The summed E-state index contributed by atoms with van der Waals surface area (Å²) in [5.41, 5.74) is -1.14. The molecule has 38 heavy (non-hydrogen) atoms. The number of alkyl halides is 2. The zero-order chi connectivity index (χ0) is 27.8. The molecule has 0 spiro atoms. The monoisotopic (exact) mass is 561 g/mol. The van der Waals surface area contributed by atoms with Crippen LogP contribution in [0.5, 0.6) is 17.2 Å². The number of nitrogens with one attached hydrogen (secondary N) is 1. The van der Waals surface area contributed by atoms with Gasteiger partial charge in [-0.3, -0.25) is 22.9 Å². The van der Waals surface area contributed by atoms with Gasteiger partial charge in [0.05, 0.1) is 39.6 Å². The van der Waals surface area contributed by atoms with Crippen molar-refractivity contribution in [2.75, 3.05) is 33.3 Å². The number of ether oxygens (including phenoxy) is 4. The second-order valence-corrected chi connectivity index (χ2v) is 10.1. The number of hydrogen-bond donors (Lipinski definition) is 1. The van der Waals surface area contributed by atoms with Gasteiger partial charge in [-0.2, -0.15) is 13.8 Å². The summed E-state index contributed by atoms with van der Waals surface area (Å²) in [4.78, 5) is 29.3. The van der Waals surface area contributed by atoms with Gasteiger partial charge in [0.25, 0.3) is 5.91 Å². The largest absolute Gasteiger partial charge is 0.497 e. The molecule has 2 aromatic rings. The van der Waals surface area contributed by atoms with Crippen LogP contribution >= 0.6 is 7.82 Å². The number of amides is 1. The number of methoxy groups -OCH3 is 3. The fraction of sp³-hybridized carbons (Fsp3) is 0.500. The lowest BCUT2D eigenvalue weighted by atomic mass is 10.1. The Morgan fingerprint density at radius 3 is 2.58 bits per heavy atom. The molecule has 2 unspecified atom stereocenters. The number of rotatable bonds is 8. The van der Waals surface area contributed by atoms with Crippen molar-refractivity contribution in [3.63, 3.8) is 0 Å². The molecule has 1 N–H and O–H groups in total. The van der Waals surface area contributed by atoms with Gasteiger partial charge in [-0.15, -0.1) is 0 Å². The lowest BCUT2D eigenvalue weighted by molar-refractivity contribution is -0.139. The molecule has 13 nitrogen and oxygen atoms in total. The van der Waals surface area contributed by atoms with Gasteiger partial charge in [0.2, 0.25) is 6.23 Å². The number of carbonyl (C=O) groups excluding carboxylic acids is 1. The highest BCUT2D eigenvalue weighted by atomic mass is 31.2. The Morgan fingerprint density at radius 1 is 1.24 bits per heavy atom. The van der Waals surface area contributed by atoms with Crippen LogP contribution in [0, 0.1) is 0 Å². The second-order valence-electron chi connectivity index (χ2n) is 8.49. The first kappa shape index (κ1) is 27.9. The number of phosphoric acid groups is 1. The first-order valence-corrected chi connectivity index (χ1v) is 12.7. The van der Waals surface area contributed by atoms with E-state index in [1.54, 1.807) is 0 Å². The first-order chi connectivity index (χ1) is 17.9. The number of phosphoric ester groups is 1. The highest BCUT2D eigenvalue weighted by Gasteiger charge is 2.65. The van der Waals surface area contributed by atoms with E-state index in [-0.39, 0.29) is 22.9 Å². The molecule has 1 aromatic heterocycles. The molecule has 2 saturated heterocycles. The van der Waals surface area contributed by atoms with Crippen LogP contribution in [0.1, 0.15) is 30.4 Å². The molecule has 208 valence electrons. The van der Waals surface area contributed by atoms with Crippen molar-refractivity contribution in [2.45, 2.75) is 44.3 Å². The molecule has 0 radical (unpaired) electrons. The molecule has 1 aromatic carbocycles. The van der Waals surface area contributed by atoms with E-state index >= 15 is 8.78 Å². The number of anilines is 1.